The molecule has 0 unspecified atom stereocenters. The van der Waals surface area contributed by atoms with Crippen LogP contribution in [0.15, 0.2) is 12.3 Å². The predicted molar refractivity (Wildman–Crippen MR) is 70.3 cm³/mol. The number of nitrogens with two attached hydrogens (primary N) is 1. The van der Waals surface area contributed by atoms with E-state index in [4.69, 9.17) is 22.4 Å². The fourth-order valence-corrected chi connectivity index (χ4v) is 2.34. The number of carboxylic acid groups (broad SMARTS) is 1. The lowest BCUT2D eigenvalue weighted by Gasteiger charge is -2.31. The number of primary amides is 1. The van der Waals surface area contributed by atoms with Gasteiger partial charge in [-0.2, -0.15) is 0 Å². The third-order valence-corrected chi connectivity index (χ3v) is 3.59. The molecule has 1 saturated heterocycles. The van der Waals surface area contributed by atoms with Crippen LogP contribution in [0.1, 0.15) is 23.2 Å². The van der Waals surface area contributed by atoms with Crippen LogP contribution in [-0.2, 0) is 4.79 Å². The van der Waals surface area contributed by atoms with Crippen molar-refractivity contribution in [3.8, 4) is 0 Å². The maximum atomic E-state index is 11.1. The largest absolute Gasteiger partial charge is 0.478 e. The van der Waals surface area contributed by atoms with Crippen molar-refractivity contribution in [2.75, 3.05) is 18.0 Å². The van der Waals surface area contributed by atoms with E-state index >= 15 is 0 Å². The summed E-state index contributed by atoms with van der Waals surface area (Å²) in [6, 6.07) is 1.45. The first-order chi connectivity index (χ1) is 8.99. The van der Waals surface area contributed by atoms with E-state index in [1.54, 1.807) is 0 Å². The Hall–Kier alpha value is -1.82. The number of carbonyl (C=O) groups is 2. The second-order valence-electron chi connectivity index (χ2n) is 4.49. The van der Waals surface area contributed by atoms with Crippen molar-refractivity contribution in [2.24, 2.45) is 11.7 Å². The first-order valence-electron chi connectivity index (χ1n) is 5.92. The quantitative estimate of drug-likeness (QED) is 0.867. The monoisotopic (exact) mass is 283 g/mol. The molecule has 0 atom stereocenters. The van der Waals surface area contributed by atoms with Crippen LogP contribution >= 0.6 is 11.6 Å². The third kappa shape index (κ3) is 2.96. The number of piperidine rings is 1. The molecule has 0 radical (unpaired) electrons. The van der Waals surface area contributed by atoms with E-state index in [9.17, 15) is 9.59 Å². The van der Waals surface area contributed by atoms with Crippen molar-refractivity contribution < 1.29 is 14.7 Å². The zero-order valence-corrected chi connectivity index (χ0v) is 10.9. The average Bonchev–Trinajstić information content (AvgIpc) is 2.39. The van der Waals surface area contributed by atoms with Gasteiger partial charge in [-0.05, 0) is 18.9 Å². The molecule has 1 aromatic heterocycles. The Kier molecular flexibility index (Phi) is 3.90. The topological polar surface area (TPSA) is 96.5 Å². The summed E-state index contributed by atoms with van der Waals surface area (Å²) < 4.78 is 0. The number of carbonyl (C=O) groups excluding carboxylic acids is 1. The molecule has 1 aliphatic heterocycles. The number of nitrogens with zero attached hydrogens (tertiary/aromatic N) is 2. The number of hydrogen-bond acceptors (Lipinski definition) is 4. The van der Waals surface area contributed by atoms with Gasteiger partial charge in [0, 0.05) is 25.2 Å². The Bertz CT molecular complexity index is 513. The Balaban J connectivity index is 2.14. The number of carboxylic acids is 1. The SMILES string of the molecule is NC(=O)C1CCN(c2cc(C(=O)O)c(Cl)cn2)CC1. The molecule has 0 saturated carbocycles. The van der Waals surface area contributed by atoms with Gasteiger partial charge in [-0.25, -0.2) is 9.78 Å². The standard InChI is InChI=1S/C12H14ClN3O3/c13-9-6-15-10(5-8(9)12(18)19)16-3-1-7(2-4-16)11(14)17/h5-7H,1-4H2,(H2,14,17)(H,18,19). The van der Waals surface area contributed by atoms with Crippen LogP contribution in [0, 0.1) is 5.92 Å². The van der Waals surface area contributed by atoms with Gasteiger partial charge in [0.15, 0.2) is 0 Å². The van der Waals surface area contributed by atoms with Gasteiger partial charge in [0.25, 0.3) is 0 Å². The summed E-state index contributed by atoms with van der Waals surface area (Å²) in [6.07, 6.45) is 2.64. The lowest BCUT2D eigenvalue weighted by molar-refractivity contribution is -0.122. The van der Waals surface area contributed by atoms with E-state index in [1.807, 2.05) is 4.90 Å². The number of amides is 1. The third-order valence-electron chi connectivity index (χ3n) is 3.29. The van der Waals surface area contributed by atoms with Crippen LogP contribution in [0.2, 0.25) is 5.02 Å². The van der Waals surface area contributed by atoms with E-state index in [2.05, 4.69) is 4.98 Å². The summed E-state index contributed by atoms with van der Waals surface area (Å²) in [4.78, 5) is 28.1. The number of anilines is 1. The Morgan fingerprint density at radius 3 is 2.58 bits per heavy atom. The zero-order chi connectivity index (χ0) is 14.0. The fraction of sp³-hybridized carbons (Fsp3) is 0.417. The molecule has 0 bridgehead atoms. The van der Waals surface area contributed by atoms with E-state index in [1.165, 1.54) is 12.3 Å². The minimum Gasteiger partial charge on any atom is -0.478 e. The van der Waals surface area contributed by atoms with E-state index in [0.717, 1.165) is 0 Å². The highest BCUT2D eigenvalue weighted by Crippen LogP contribution is 2.25. The van der Waals surface area contributed by atoms with Crippen molar-refractivity contribution in [3.63, 3.8) is 0 Å². The Morgan fingerprint density at radius 1 is 1.42 bits per heavy atom. The molecular formula is C12H14ClN3O3. The summed E-state index contributed by atoms with van der Waals surface area (Å²) in [7, 11) is 0. The molecular weight excluding hydrogens is 270 g/mol. The molecule has 1 aromatic rings. The normalized spacial score (nSPS) is 16.4. The number of halogens is 1. The van der Waals surface area contributed by atoms with Crippen LogP contribution in [0.4, 0.5) is 5.82 Å². The summed E-state index contributed by atoms with van der Waals surface area (Å²) in [5.41, 5.74) is 5.30. The summed E-state index contributed by atoms with van der Waals surface area (Å²) in [5.74, 6) is -0.914. The molecule has 0 aliphatic carbocycles. The molecule has 2 heterocycles. The maximum absolute atomic E-state index is 11.1. The lowest BCUT2D eigenvalue weighted by Crippen LogP contribution is -2.39. The van der Waals surface area contributed by atoms with Gasteiger partial charge in [-0.1, -0.05) is 11.6 Å². The van der Waals surface area contributed by atoms with Crippen LogP contribution in [-0.4, -0.2) is 35.1 Å². The predicted octanol–water partition coefficient (Wildman–Crippen LogP) is 1.13. The number of hydrogen-bond donors (Lipinski definition) is 2. The van der Waals surface area contributed by atoms with Crippen molar-refractivity contribution in [1.29, 1.82) is 0 Å². The number of aromatic nitrogens is 1. The molecule has 7 heteroatoms. The van der Waals surface area contributed by atoms with E-state index in [-0.39, 0.29) is 22.4 Å². The van der Waals surface area contributed by atoms with Crippen molar-refractivity contribution >= 4 is 29.3 Å². The highest BCUT2D eigenvalue weighted by Gasteiger charge is 2.24. The van der Waals surface area contributed by atoms with Crippen molar-refractivity contribution in [1.82, 2.24) is 4.98 Å². The van der Waals surface area contributed by atoms with Crippen LogP contribution in [0.3, 0.4) is 0 Å². The lowest BCUT2D eigenvalue weighted by atomic mass is 9.96. The molecule has 1 aliphatic rings. The number of pyridine rings is 1. The summed E-state index contributed by atoms with van der Waals surface area (Å²) in [6.45, 7) is 1.25. The number of aromatic carboxylic acids is 1. The minimum absolute atomic E-state index is 0.0312. The van der Waals surface area contributed by atoms with Gasteiger partial charge >= 0.3 is 5.97 Å². The zero-order valence-electron chi connectivity index (χ0n) is 10.2. The molecule has 6 nitrogen and oxygen atoms in total. The van der Waals surface area contributed by atoms with Crippen LogP contribution < -0.4 is 10.6 Å². The average molecular weight is 284 g/mol. The molecule has 0 aromatic carbocycles. The van der Waals surface area contributed by atoms with Gasteiger partial charge in [0.2, 0.25) is 5.91 Å². The first kappa shape index (κ1) is 13.6. The second kappa shape index (κ2) is 5.44. The Morgan fingerprint density at radius 2 is 2.05 bits per heavy atom. The van der Waals surface area contributed by atoms with Crippen molar-refractivity contribution in [3.05, 3.63) is 22.8 Å². The van der Waals surface area contributed by atoms with Gasteiger partial charge in [-0.15, -0.1) is 0 Å². The second-order valence-corrected chi connectivity index (χ2v) is 4.90. The van der Waals surface area contributed by atoms with Gasteiger partial charge in [0.1, 0.15) is 5.82 Å². The molecule has 2 rings (SSSR count). The Labute approximate surface area is 115 Å². The molecule has 19 heavy (non-hydrogen) atoms. The fourth-order valence-electron chi connectivity index (χ4n) is 2.16. The van der Waals surface area contributed by atoms with Crippen LogP contribution in [0.25, 0.3) is 0 Å². The molecule has 0 spiro atoms. The highest BCUT2D eigenvalue weighted by molar-refractivity contribution is 6.33. The number of rotatable bonds is 3. The van der Waals surface area contributed by atoms with Gasteiger partial charge in [-0.3, -0.25) is 4.79 Å². The molecule has 102 valence electrons. The van der Waals surface area contributed by atoms with E-state index in [0.29, 0.717) is 31.7 Å². The molecule has 1 fully saturated rings. The van der Waals surface area contributed by atoms with E-state index < -0.39 is 5.97 Å². The van der Waals surface area contributed by atoms with Gasteiger partial charge < -0.3 is 15.7 Å². The highest BCUT2D eigenvalue weighted by atomic mass is 35.5. The van der Waals surface area contributed by atoms with Crippen molar-refractivity contribution in [2.45, 2.75) is 12.8 Å². The van der Waals surface area contributed by atoms with Crippen LogP contribution in [0.5, 0.6) is 0 Å². The first-order valence-corrected chi connectivity index (χ1v) is 6.30. The summed E-state index contributed by atoms with van der Waals surface area (Å²) in [5, 5.41) is 9.13. The molecule has 1 amide bonds. The molecule has 3 N–H and O–H groups in total. The minimum atomic E-state index is -1.08. The smallest absolute Gasteiger partial charge is 0.337 e. The maximum Gasteiger partial charge on any atom is 0.337 e. The van der Waals surface area contributed by atoms with Gasteiger partial charge in [0.05, 0.1) is 10.6 Å². The summed E-state index contributed by atoms with van der Waals surface area (Å²) >= 11 is 5.77.